The van der Waals surface area contributed by atoms with Crippen molar-refractivity contribution in [3.63, 3.8) is 0 Å². The molecule has 0 radical (unpaired) electrons. The zero-order valence-corrected chi connectivity index (χ0v) is 16.6. The molecule has 2 aliphatic rings. The molecule has 3 rings (SSSR count). The van der Waals surface area contributed by atoms with Crippen molar-refractivity contribution in [1.82, 2.24) is 15.1 Å². The number of guanidine groups is 1. The van der Waals surface area contributed by atoms with Crippen molar-refractivity contribution in [2.75, 3.05) is 46.4 Å². The van der Waals surface area contributed by atoms with Crippen molar-refractivity contribution in [2.24, 2.45) is 10.9 Å². The number of rotatable bonds is 6. The SMILES string of the molecule is CCNC(=NCC(C)N1CCc2sccc2C1)N(C)CC1CCOC1. The zero-order chi connectivity index (χ0) is 17.6. The lowest BCUT2D eigenvalue weighted by atomic mass is 10.1. The quantitative estimate of drug-likeness (QED) is 0.622. The minimum atomic E-state index is 0.463. The van der Waals surface area contributed by atoms with Crippen molar-refractivity contribution in [3.8, 4) is 0 Å². The van der Waals surface area contributed by atoms with Gasteiger partial charge in [-0.2, -0.15) is 0 Å². The standard InChI is InChI=1S/C19H32N4OS/c1-4-20-19(22(3)12-16-6-9-24-14-16)21-11-15(2)23-8-5-18-17(13-23)7-10-25-18/h7,10,15-16H,4-6,8-9,11-14H2,1-3H3,(H,20,21). The fourth-order valence-electron chi connectivity index (χ4n) is 3.65. The Morgan fingerprint density at radius 1 is 1.56 bits per heavy atom. The predicted octanol–water partition coefficient (Wildman–Crippen LogP) is 2.43. The smallest absolute Gasteiger partial charge is 0.193 e. The molecule has 3 heterocycles. The molecule has 5 nitrogen and oxygen atoms in total. The molecule has 2 unspecified atom stereocenters. The molecule has 1 aromatic heterocycles. The Morgan fingerprint density at radius 2 is 2.44 bits per heavy atom. The number of nitrogens with one attached hydrogen (secondary N) is 1. The van der Waals surface area contributed by atoms with Gasteiger partial charge >= 0.3 is 0 Å². The largest absolute Gasteiger partial charge is 0.381 e. The van der Waals surface area contributed by atoms with Gasteiger partial charge in [-0.25, -0.2) is 0 Å². The van der Waals surface area contributed by atoms with E-state index >= 15 is 0 Å². The van der Waals surface area contributed by atoms with E-state index in [1.165, 1.54) is 12.0 Å². The molecule has 2 atom stereocenters. The number of hydrogen-bond acceptors (Lipinski definition) is 4. The Morgan fingerprint density at radius 3 is 3.20 bits per heavy atom. The van der Waals surface area contributed by atoms with Crippen LogP contribution in [0.2, 0.25) is 0 Å². The van der Waals surface area contributed by atoms with Gasteiger partial charge in [0, 0.05) is 56.7 Å². The van der Waals surface area contributed by atoms with E-state index in [0.717, 1.165) is 58.3 Å². The maximum Gasteiger partial charge on any atom is 0.193 e. The van der Waals surface area contributed by atoms with Crippen molar-refractivity contribution < 1.29 is 4.74 Å². The fraction of sp³-hybridized carbons (Fsp3) is 0.737. The summed E-state index contributed by atoms with van der Waals surface area (Å²) in [6.07, 6.45) is 2.35. The molecule has 0 spiro atoms. The Balaban J connectivity index is 1.55. The number of fused-ring (bicyclic) bond motifs is 1. The Kier molecular flexibility index (Phi) is 6.73. The van der Waals surface area contributed by atoms with Crippen LogP contribution in [0.3, 0.4) is 0 Å². The van der Waals surface area contributed by atoms with Gasteiger partial charge in [-0.1, -0.05) is 0 Å². The summed E-state index contributed by atoms with van der Waals surface area (Å²) in [6.45, 7) is 11.2. The molecule has 6 heteroatoms. The lowest BCUT2D eigenvalue weighted by Gasteiger charge is -2.32. The average molecular weight is 365 g/mol. The van der Waals surface area contributed by atoms with Crippen LogP contribution in [0, 0.1) is 5.92 Å². The molecule has 1 N–H and O–H groups in total. The molecule has 1 fully saturated rings. The van der Waals surface area contributed by atoms with Gasteiger partial charge in [0.25, 0.3) is 0 Å². The number of aliphatic imine (C=N–C) groups is 1. The lowest BCUT2D eigenvalue weighted by molar-refractivity contribution is 0.181. The highest BCUT2D eigenvalue weighted by molar-refractivity contribution is 7.10. The van der Waals surface area contributed by atoms with Crippen LogP contribution in [0.25, 0.3) is 0 Å². The zero-order valence-electron chi connectivity index (χ0n) is 15.8. The average Bonchev–Trinajstić information content (AvgIpc) is 3.28. The van der Waals surface area contributed by atoms with E-state index in [4.69, 9.17) is 9.73 Å². The van der Waals surface area contributed by atoms with E-state index in [0.29, 0.717) is 12.0 Å². The monoisotopic (exact) mass is 364 g/mol. The summed E-state index contributed by atoms with van der Waals surface area (Å²) in [4.78, 5) is 11.3. The molecular weight excluding hydrogens is 332 g/mol. The first kappa shape index (κ1) is 18.7. The topological polar surface area (TPSA) is 40.1 Å². The molecule has 2 aliphatic heterocycles. The number of ether oxygens (including phenoxy) is 1. The molecule has 0 aromatic carbocycles. The van der Waals surface area contributed by atoms with E-state index in [9.17, 15) is 0 Å². The summed E-state index contributed by atoms with van der Waals surface area (Å²) >= 11 is 1.90. The number of thiophene rings is 1. The second-order valence-electron chi connectivity index (χ2n) is 7.24. The van der Waals surface area contributed by atoms with Gasteiger partial charge in [-0.3, -0.25) is 9.89 Å². The molecular formula is C19H32N4OS. The van der Waals surface area contributed by atoms with E-state index < -0.39 is 0 Å². The highest BCUT2D eigenvalue weighted by atomic mass is 32.1. The third-order valence-electron chi connectivity index (χ3n) is 5.22. The van der Waals surface area contributed by atoms with Crippen molar-refractivity contribution in [3.05, 3.63) is 21.9 Å². The van der Waals surface area contributed by atoms with Crippen LogP contribution in [0.5, 0.6) is 0 Å². The number of hydrogen-bond donors (Lipinski definition) is 1. The highest BCUT2D eigenvalue weighted by Gasteiger charge is 2.22. The normalized spacial score (nSPS) is 22.7. The van der Waals surface area contributed by atoms with E-state index in [1.807, 2.05) is 11.3 Å². The third-order valence-corrected chi connectivity index (χ3v) is 6.24. The first-order chi connectivity index (χ1) is 12.2. The van der Waals surface area contributed by atoms with Gasteiger partial charge in [0.15, 0.2) is 5.96 Å². The van der Waals surface area contributed by atoms with Gasteiger partial charge in [0.2, 0.25) is 0 Å². The Bertz CT molecular complexity index is 568. The van der Waals surface area contributed by atoms with Crippen LogP contribution in [-0.4, -0.2) is 68.2 Å². The molecule has 1 saturated heterocycles. The molecule has 0 amide bonds. The Labute approximate surface area is 156 Å². The first-order valence-corrected chi connectivity index (χ1v) is 10.4. The minimum Gasteiger partial charge on any atom is -0.381 e. The minimum absolute atomic E-state index is 0.463. The maximum atomic E-state index is 5.50. The summed E-state index contributed by atoms with van der Waals surface area (Å²) < 4.78 is 5.50. The van der Waals surface area contributed by atoms with Crippen molar-refractivity contribution in [2.45, 2.75) is 39.3 Å². The van der Waals surface area contributed by atoms with Crippen LogP contribution in [0.4, 0.5) is 0 Å². The molecule has 0 aliphatic carbocycles. The molecule has 0 bridgehead atoms. The van der Waals surface area contributed by atoms with Gasteiger partial charge in [-0.15, -0.1) is 11.3 Å². The lowest BCUT2D eigenvalue weighted by Crippen LogP contribution is -2.43. The summed E-state index contributed by atoms with van der Waals surface area (Å²) in [5.41, 5.74) is 1.51. The molecule has 0 saturated carbocycles. The van der Waals surface area contributed by atoms with E-state index in [-0.39, 0.29) is 0 Å². The summed E-state index contributed by atoms with van der Waals surface area (Å²) in [6, 6.07) is 2.74. The first-order valence-electron chi connectivity index (χ1n) is 9.53. The molecule has 25 heavy (non-hydrogen) atoms. The Hall–Kier alpha value is -1.11. The van der Waals surface area contributed by atoms with Gasteiger partial charge < -0.3 is 15.0 Å². The van der Waals surface area contributed by atoms with Gasteiger partial charge in [0.1, 0.15) is 0 Å². The summed E-state index contributed by atoms with van der Waals surface area (Å²) in [5, 5.41) is 5.67. The van der Waals surface area contributed by atoms with Crippen LogP contribution in [0.1, 0.15) is 30.7 Å². The van der Waals surface area contributed by atoms with E-state index in [1.54, 1.807) is 4.88 Å². The second kappa shape index (κ2) is 9.01. The van der Waals surface area contributed by atoms with Gasteiger partial charge in [-0.05, 0) is 43.7 Å². The summed E-state index contributed by atoms with van der Waals surface area (Å²) in [7, 11) is 2.14. The fourth-order valence-corrected chi connectivity index (χ4v) is 4.54. The number of nitrogens with zero attached hydrogens (tertiary/aromatic N) is 3. The second-order valence-corrected chi connectivity index (χ2v) is 8.24. The van der Waals surface area contributed by atoms with Crippen LogP contribution >= 0.6 is 11.3 Å². The van der Waals surface area contributed by atoms with E-state index in [2.05, 4.69) is 47.5 Å². The van der Waals surface area contributed by atoms with Crippen molar-refractivity contribution in [1.29, 1.82) is 0 Å². The predicted molar refractivity (Wildman–Crippen MR) is 105 cm³/mol. The van der Waals surface area contributed by atoms with Crippen LogP contribution in [-0.2, 0) is 17.7 Å². The van der Waals surface area contributed by atoms with Crippen molar-refractivity contribution >= 4 is 17.3 Å². The summed E-state index contributed by atoms with van der Waals surface area (Å²) in [5.74, 6) is 1.65. The van der Waals surface area contributed by atoms with Gasteiger partial charge in [0.05, 0.1) is 13.2 Å². The third kappa shape index (κ3) is 4.96. The van der Waals surface area contributed by atoms with Crippen LogP contribution in [0.15, 0.2) is 16.4 Å². The highest BCUT2D eigenvalue weighted by Crippen LogP contribution is 2.25. The van der Waals surface area contributed by atoms with Crippen LogP contribution < -0.4 is 5.32 Å². The molecule has 1 aromatic rings. The maximum absolute atomic E-state index is 5.50. The molecule has 140 valence electrons.